The van der Waals surface area contributed by atoms with E-state index < -0.39 is 5.78 Å². The molecule has 1 aliphatic rings. The molecule has 0 bridgehead atoms. The van der Waals surface area contributed by atoms with Gasteiger partial charge in [0.15, 0.2) is 5.76 Å². The summed E-state index contributed by atoms with van der Waals surface area (Å²) in [7, 11) is 5.09. The minimum Gasteiger partial charge on any atom is -0.497 e. The van der Waals surface area contributed by atoms with E-state index in [1.54, 1.807) is 24.3 Å². The molecule has 32 heavy (non-hydrogen) atoms. The fourth-order valence-corrected chi connectivity index (χ4v) is 3.83. The second-order valence-corrected chi connectivity index (χ2v) is 7.83. The van der Waals surface area contributed by atoms with Crippen LogP contribution >= 0.6 is 0 Å². The molecule has 4 rings (SSSR count). The second kappa shape index (κ2) is 9.42. The third kappa shape index (κ3) is 4.46. The lowest BCUT2D eigenvalue weighted by molar-refractivity contribution is -0.117. The maximum atomic E-state index is 13.5. The molecule has 0 saturated carbocycles. The van der Waals surface area contributed by atoms with E-state index in [4.69, 9.17) is 13.9 Å². The molecule has 0 radical (unpaired) electrons. The Hall–Kier alpha value is -3.36. The number of ether oxygens (including phenoxy) is 2. The van der Waals surface area contributed by atoms with Gasteiger partial charge >= 0.3 is 0 Å². The number of hydrogen-bond acceptors (Lipinski definition) is 7. The number of fused-ring (bicyclic) bond motifs is 1. The summed E-state index contributed by atoms with van der Waals surface area (Å²) < 4.78 is 16.6. The topological polar surface area (TPSA) is 84.2 Å². The van der Waals surface area contributed by atoms with Crippen molar-refractivity contribution in [2.45, 2.75) is 0 Å². The van der Waals surface area contributed by atoms with E-state index in [0.29, 0.717) is 33.7 Å². The molecule has 0 aliphatic carbocycles. The number of likely N-dealkylation sites (N-methyl/N-ethyl adjacent to an activating group) is 1. The highest BCUT2D eigenvalue weighted by Gasteiger charge is 2.27. The number of nitrogens with one attached hydrogen (secondary N) is 1. The summed E-state index contributed by atoms with van der Waals surface area (Å²) in [6, 6.07) is 12.2. The van der Waals surface area contributed by atoms with Gasteiger partial charge in [-0.15, -0.1) is 0 Å². The smallest absolute Gasteiger partial charge is 0.238 e. The molecule has 1 aromatic heterocycles. The van der Waals surface area contributed by atoms with Gasteiger partial charge in [-0.3, -0.25) is 14.5 Å². The molecule has 2 heterocycles. The van der Waals surface area contributed by atoms with Crippen molar-refractivity contribution in [1.29, 1.82) is 0 Å². The Labute approximate surface area is 186 Å². The summed E-state index contributed by atoms with van der Waals surface area (Å²) >= 11 is 0. The number of methoxy groups -OCH3 is 2. The van der Waals surface area contributed by atoms with Gasteiger partial charge in [0, 0.05) is 31.6 Å². The number of anilines is 1. The van der Waals surface area contributed by atoms with Crippen LogP contribution in [0.25, 0.3) is 11.0 Å². The van der Waals surface area contributed by atoms with Crippen molar-refractivity contribution >= 4 is 28.3 Å². The van der Waals surface area contributed by atoms with Gasteiger partial charge in [0.2, 0.25) is 11.7 Å². The van der Waals surface area contributed by atoms with E-state index in [0.717, 1.165) is 26.2 Å². The van der Waals surface area contributed by atoms with Crippen molar-refractivity contribution in [3.8, 4) is 11.5 Å². The summed E-state index contributed by atoms with van der Waals surface area (Å²) in [4.78, 5) is 30.7. The molecule has 2 aromatic carbocycles. The minimum atomic E-state index is -0.396. The highest BCUT2D eigenvalue weighted by Crippen LogP contribution is 2.35. The molecule has 8 nitrogen and oxygen atoms in total. The Morgan fingerprint density at radius 1 is 1.03 bits per heavy atom. The predicted molar refractivity (Wildman–Crippen MR) is 122 cm³/mol. The van der Waals surface area contributed by atoms with Crippen LogP contribution in [0.4, 0.5) is 5.69 Å². The van der Waals surface area contributed by atoms with Crippen LogP contribution < -0.4 is 14.8 Å². The lowest BCUT2D eigenvalue weighted by Gasteiger charge is -2.31. The van der Waals surface area contributed by atoms with Gasteiger partial charge in [-0.2, -0.15) is 0 Å². The van der Waals surface area contributed by atoms with Gasteiger partial charge in [0.05, 0.1) is 32.0 Å². The second-order valence-electron chi connectivity index (χ2n) is 7.83. The zero-order valence-corrected chi connectivity index (χ0v) is 18.5. The average Bonchev–Trinajstić information content (AvgIpc) is 3.17. The Bertz CT molecular complexity index is 1130. The average molecular weight is 437 g/mol. The normalized spacial score (nSPS) is 15.0. The Morgan fingerprint density at radius 3 is 2.50 bits per heavy atom. The van der Waals surface area contributed by atoms with Crippen LogP contribution in [-0.4, -0.2) is 75.5 Å². The van der Waals surface area contributed by atoms with Crippen molar-refractivity contribution in [3.05, 3.63) is 53.8 Å². The summed E-state index contributed by atoms with van der Waals surface area (Å²) in [6.07, 6.45) is 0. The molecule has 1 aliphatic heterocycles. The summed E-state index contributed by atoms with van der Waals surface area (Å²) in [5.41, 5.74) is 1.18. The predicted octanol–water partition coefficient (Wildman–Crippen LogP) is 2.87. The highest BCUT2D eigenvalue weighted by atomic mass is 16.5. The van der Waals surface area contributed by atoms with Gasteiger partial charge in [-0.25, -0.2) is 0 Å². The maximum absolute atomic E-state index is 13.5. The Morgan fingerprint density at radius 2 is 1.78 bits per heavy atom. The summed E-state index contributed by atoms with van der Waals surface area (Å²) in [5, 5.41) is 3.60. The van der Waals surface area contributed by atoms with Crippen LogP contribution in [0.15, 0.2) is 46.9 Å². The zero-order chi connectivity index (χ0) is 22.7. The van der Waals surface area contributed by atoms with Gasteiger partial charge < -0.3 is 24.1 Å². The number of piperazine rings is 1. The fourth-order valence-electron chi connectivity index (χ4n) is 3.83. The number of carbonyl (C=O) groups is 2. The van der Waals surface area contributed by atoms with Crippen molar-refractivity contribution in [3.63, 3.8) is 0 Å². The van der Waals surface area contributed by atoms with Crippen molar-refractivity contribution in [2.24, 2.45) is 0 Å². The molecule has 0 unspecified atom stereocenters. The first kappa shape index (κ1) is 21.9. The van der Waals surface area contributed by atoms with Crippen LogP contribution in [0.5, 0.6) is 11.5 Å². The molecular formula is C24H27N3O5. The SMILES string of the molecule is COc1ccc(OC)c(C(=O)c2oc3ccccc3c2NC(=O)CN2CCN(C)CC2)c1. The number of carbonyl (C=O) groups excluding carboxylic acids is 2. The van der Waals surface area contributed by atoms with E-state index in [9.17, 15) is 9.59 Å². The highest BCUT2D eigenvalue weighted by molar-refractivity contribution is 6.18. The Kier molecular flexibility index (Phi) is 6.43. The van der Waals surface area contributed by atoms with Gasteiger partial charge in [0.25, 0.3) is 0 Å². The third-order valence-electron chi connectivity index (χ3n) is 5.68. The molecule has 168 valence electrons. The molecule has 3 aromatic rings. The standard InChI is InChI=1S/C24H27N3O5/c1-26-10-12-27(13-11-26)15-21(28)25-22-17-6-4-5-7-20(17)32-24(22)23(29)18-14-16(30-2)8-9-19(18)31-3/h4-9,14H,10-13,15H2,1-3H3,(H,25,28). The molecular weight excluding hydrogens is 410 g/mol. The molecule has 8 heteroatoms. The van der Waals surface area contributed by atoms with Crippen LogP contribution in [0.2, 0.25) is 0 Å². The third-order valence-corrected chi connectivity index (χ3v) is 5.68. The number of nitrogens with zero attached hydrogens (tertiary/aromatic N) is 2. The van der Waals surface area contributed by atoms with Crippen molar-refractivity contribution in [1.82, 2.24) is 9.80 Å². The van der Waals surface area contributed by atoms with Crippen molar-refractivity contribution < 1.29 is 23.5 Å². The van der Waals surface area contributed by atoms with E-state index >= 15 is 0 Å². The molecule has 1 fully saturated rings. The van der Waals surface area contributed by atoms with Crippen molar-refractivity contribution in [2.75, 3.05) is 59.3 Å². The molecule has 1 amide bonds. The monoisotopic (exact) mass is 437 g/mol. The first-order valence-corrected chi connectivity index (χ1v) is 10.5. The van der Waals surface area contributed by atoms with Crippen LogP contribution in [-0.2, 0) is 4.79 Å². The quantitative estimate of drug-likeness (QED) is 0.569. The van der Waals surface area contributed by atoms with Crippen LogP contribution in [0.3, 0.4) is 0 Å². The first-order chi connectivity index (χ1) is 15.5. The van der Waals surface area contributed by atoms with Crippen LogP contribution in [0.1, 0.15) is 16.1 Å². The number of ketones is 1. The number of rotatable bonds is 7. The number of hydrogen-bond donors (Lipinski definition) is 1. The van der Waals surface area contributed by atoms with E-state index in [-0.39, 0.29) is 18.2 Å². The largest absolute Gasteiger partial charge is 0.497 e. The molecule has 0 spiro atoms. The van der Waals surface area contributed by atoms with E-state index in [1.807, 2.05) is 18.2 Å². The lowest BCUT2D eigenvalue weighted by atomic mass is 10.1. The first-order valence-electron chi connectivity index (χ1n) is 10.5. The molecule has 1 N–H and O–H groups in total. The summed E-state index contributed by atoms with van der Waals surface area (Å²) in [6.45, 7) is 3.73. The van der Waals surface area contributed by atoms with Gasteiger partial charge in [0.1, 0.15) is 17.1 Å². The van der Waals surface area contributed by atoms with Gasteiger partial charge in [-0.05, 0) is 37.4 Å². The maximum Gasteiger partial charge on any atom is 0.238 e. The number of amides is 1. The lowest BCUT2D eigenvalue weighted by Crippen LogP contribution is -2.47. The van der Waals surface area contributed by atoms with Crippen LogP contribution in [0, 0.1) is 0 Å². The minimum absolute atomic E-state index is 0.0597. The molecule has 0 atom stereocenters. The zero-order valence-electron chi connectivity index (χ0n) is 18.5. The van der Waals surface area contributed by atoms with Gasteiger partial charge in [-0.1, -0.05) is 12.1 Å². The number of para-hydroxylation sites is 1. The number of furan rings is 1. The molecule has 1 saturated heterocycles. The summed E-state index contributed by atoms with van der Waals surface area (Å²) in [5.74, 6) is 0.390. The number of benzene rings is 2. The fraction of sp³-hybridized carbons (Fsp3) is 0.333. The Balaban J connectivity index is 1.66. The van der Waals surface area contributed by atoms with E-state index in [1.165, 1.54) is 14.2 Å². The van der Waals surface area contributed by atoms with E-state index in [2.05, 4.69) is 22.2 Å².